The molecule has 0 unspecified atom stereocenters. The van der Waals surface area contributed by atoms with Crippen molar-refractivity contribution in [2.24, 2.45) is 0 Å². The first kappa shape index (κ1) is 19.8. The number of carbonyl (C=O) groups is 1. The van der Waals surface area contributed by atoms with Gasteiger partial charge in [0.1, 0.15) is 11.5 Å². The zero-order valence-electron chi connectivity index (χ0n) is 15.2. The molecule has 1 N–H and O–H groups in total. The second kappa shape index (κ2) is 8.23. The molecule has 0 bridgehead atoms. The van der Waals surface area contributed by atoms with Crippen LogP contribution in [0.3, 0.4) is 0 Å². The quantitative estimate of drug-likeness (QED) is 0.802. The van der Waals surface area contributed by atoms with Gasteiger partial charge < -0.3 is 14.8 Å². The summed E-state index contributed by atoms with van der Waals surface area (Å²) in [5.41, 5.74) is 0.808. The van der Waals surface area contributed by atoms with Gasteiger partial charge in [-0.3, -0.25) is 4.79 Å². The summed E-state index contributed by atoms with van der Waals surface area (Å²) in [5.74, 6) is 1.01. The molecule has 0 spiro atoms. The Labute approximate surface area is 154 Å². The number of methoxy groups -OCH3 is 1. The lowest BCUT2D eigenvalue weighted by molar-refractivity contribution is -0.127. The van der Waals surface area contributed by atoms with Crippen molar-refractivity contribution in [2.45, 2.75) is 30.9 Å². The highest BCUT2D eigenvalue weighted by atomic mass is 32.2. The summed E-state index contributed by atoms with van der Waals surface area (Å²) < 4.78 is 33.7. The fourth-order valence-corrected chi connectivity index (χ4v) is 2.96. The van der Waals surface area contributed by atoms with Crippen molar-refractivity contribution in [1.29, 1.82) is 0 Å². The van der Waals surface area contributed by atoms with Gasteiger partial charge in [0.15, 0.2) is 15.9 Å². The van der Waals surface area contributed by atoms with Crippen LogP contribution in [0.15, 0.2) is 53.4 Å². The molecule has 0 saturated heterocycles. The molecule has 2 aromatic carbocycles. The predicted octanol–water partition coefficient (Wildman–Crippen LogP) is 2.74. The van der Waals surface area contributed by atoms with Crippen LogP contribution in [0.4, 0.5) is 0 Å². The maximum absolute atomic E-state index is 12.3. The first-order valence-corrected chi connectivity index (χ1v) is 10.0. The number of benzene rings is 2. The Bertz CT molecular complexity index is 845. The first-order valence-electron chi connectivity index (χ1n) is 8.12. The fraction of sp³-hybridized carbons (Fsp3) is 0.316. The average Bonchev–Trinajstić information content (AvgIpc) is 2.61. The zero-order chi connectivity index (χ0) is 19.3. The Morgan fingerprint density at radius 2 is 1.50 bits per heavy atom. The van der Waals surface area contributed by atoms with Crippen LogP contribution >= 0.6 is 0 Å². The van der Waals surface area contributed by atoms with Crippen molar-refractivity contribution in [1.82, 2.24) is 5.32 Å². The lowest BCUT2D eigenvalue weighted by atomic mass is 10.1. The number of rotatable bonds is 7. The van der Waals surface area contributed by atoms with E-state index in [1.807, 2.05) is 6.92 Å². The SMILES string of the molecule is COc1ccc(O[C@H](C)C(=O)N[C@@H](C)c2ccc(S(C)(=O)=O)cc2)cc1. The van der Waals surface area contributed by atoms with E-state index in [2.05, 4.69) is 5.32 Å². The third-order valence-electron chi connectivity index (χ3n) is 3.91. The second-order valence-electron chi connectivity index (χ2n) is 6.01. The van der Waals surface area contributed by atoms with Crippen LogP contribution in [0, 0.1) is 0 Å². The summed E-state index contributed by atoms with van der Waals surface area (Å²) >= 11 is 0. The highest BCUT2D eigenvalue weighted by Crippen LogP contribution is 2.19. The Kier molecular flexibility index (Phi) is 6.26. The van der Waals surface area contributed by atoms with E-state index < -0.39 is 15.9 Å². The molecule has 0 aromatic heterocycles. The Hall–Kier alpha value is -2.54. The molecule has 2 atom stereocenters. The molecule has 0 fully saturated rings. The summed E-state index contributed by atoms with van der Waals surface area (Å²) in [6, 6.07) is 13.1. The second-order valence-corrected chi connectivity index (χ2v) is 8.02. The number of hydrogen-bond donors (Lipinski definition) is 1. The minimum atomic E-state index is -3.24. The molecule has 0 aliphatic heterocycles. The molecule has 1 amide bonds. The zero-order valence-corrected chi connectivity index (χ0v) is 16.0. The third-order valence-corrected chi connectivity index (χ3v) is 5.04. The van der Waals surface area contributed by atoms with E-state index in [1.54, 1.807) is 50.4 Å². The largest absolute Gasteiger partial charge is 0.497 e. The third kappa shape index (κ3) is 5.23. The Morgan fingerprint density at radius 3 is 2.00 bits per heavy atom. The highest BCUT2D eigenvalue weighted by molar-refractivity contribution is 7.90. The molecule has 0 heterocycles. The maximum Gasteiger partial charge on any atom is 0.261 e. The van der Waals surface area contributed by atoms with Crippen LogP contribution in [0.1, 0.15) is 25.5 Å². The van der Waals surface area contributed by atoms with E-state index in [9.17, 15) is 13.2 Å². The molecule has 0 saturated carbocycles. The molecular formula is C19H23NO5S. The molecule has 2 aromatic rings. The highest BCUT2D eigenvalue weighted by Gasteiger charge is 2.18. The minimum Gasteiger partial charge on any atom is -0.497 e. The molecule has 0 aliphatic rings. The van der Waals surface area contributed by atoms with Gasteiger partial charge in [0.05, 0.1) is 18.0 Å². The standard InChI is InChI=1S/C19H23NO5S/c1-13(15-5-11-18(12-6-15)26(4,22)23)20-19(21)14(2)25-17-9-7-16(24-3)8-10-17/h5-14H,1-4H3,(H,20,21)/t13-,14+/m0/s1. The van der Waals surface area contributed by atoms with Crippen LogP contribution in [-0.4, -0.2) is 33.8 Å². The van der Waals surface area contributed by atoms with Gasteiger partial charge in [-0.2, -0.15) is 0 Å². The Balaban J connectivity index is 1.96. The van der Waals surface area contributed by atoms with Crippen LogP contribution in [0.25, 0.3) is 0 Å². The molecule has 140 valence electrons. The number of hydrogen-bond acceptors (Lipinski definition) is 5. The number of ether oxygens (including phenoxy) is 2. The van der Waals surface area contributed by atoms with E-state index in [0.717, 1.165) is 11.8 Å². The van der Waals surface area contributed by atoms with Gasteiger partial charge in [0.2, 0.25) is 0 Å². The van der Waals surface area contributed by atoms with E-state index in [0.29, 0.717) is 11.5 Å². The van der Waals surface area contributed by atoms with Crippen molar-refractivity contribution in [3.05, 3.63) is 54.1 Å². The molecule has 6 nitrogen and oxygen atoms in total. The molecule has 0 aliphatic carbocycles. The molecule has 0 radical (unpaired) electrons. The lowest BCUT2D eigenvalue weighted by Gasteiger charge is -2.19. The summed E-state index contributed by atoms with van der Waals surface area (Å²) in [4.78, 5) is 12.6. The van der Waals surface area contributed by atoms with Gasteiger partial charge in [-0.25, -0.2) is 8.42 Å². The number of sulfone groups is 1. The van der Waals surface area contributed by atoms with Crippen LogP contribution < -0.4 is 14.8 Å². The van der Waals surface area contributed by atoms with Gasteiger partial charge >= 0.3 is 0 Å². The van der Waals surface area contributed by atoms with E-state index >= 15 is 0 Å². The lowest BCUT2D eigenvalue weighted by Crippen LogP contribution is -2.37. The smallest absolute Gasteiger partial charge is 0.261 e. The van der Waals surface area contributed by atoms with Crippen molar-refractivity contribution >= 4 is 15.7 Å². The van der Waals surface area contributed by atoms with Crippen molar-refractivity contribution < 1.29 is 22.7 Å². The predicted molar refractivity (Wildman–Crippen MR) is 99.2 cm³/mol. The normalized spacial score (nSPS) is 13.5. The van der Waals surface area contributed by atoms with E-state index in [1.165, 1.54) is 12.1 Å². The first-order chi connectivity index (χ1) is 12.2. The van der Waals surface area contributed by atoms with Gasteiger partial charge in [0, 0.05) is 6.26 Å². The van der Waals surface area contributed by atoms with Gasteiger partial charge in [-0.15, -0.1) is 0 Å². The van der Waals surface area contributed by atoms with Crippen LogP contribution in [-0.2, 0) is 14.6 Å². The molecule has 2 rings (SSSR count). The summed E-state index contributed by atoms with van der Waals surface area (Å²) in [7, 11) is -1.66. The minimum absolute atomic E-state index is 0.246. The topological polar surface area (TPSA) is 81.7 Å². The van der Waals surface area contributed by atoms with Crippen LogP contribution in [0.5, 0.6) is 11.5 Å². The maximum atomic E-state index is 12.3. The van der Waals surface area contributed by atoms with Crippen LogP contribution in [0.2, 0.25) is 0 Å². The average molecular weight is 377 g/mol. The van der Waals surface area contributed by atoms with Crippen molar-refractivity contribution in [3.63, 3.8) is 0 Å². The molecular weight excluding hydrogens is 354 g/mol. The number of amides is 1. The fourth-order valence-electron chi connectivity index (χ4n) is 2.33. The number of carbonyl (C=O) groups excluding carboxylic acids is 1. The monoisotopic (exact) mass is 377 g/mol. The van der Waals surface area contributed by atoms with E-state index in [-0.39, 0.29) is 16.8 Å². The summed E-state index contributed by atoms with van der Waals surface area (Å²) in [5, 5.41) is 2.86. The summed E-state index contributed by atoms with van der Waals surface area (Å²) in [6.45, 7) is 3.49. The van der Waals surface area contributed by atoms with Gasteiger partial charge in [-0.05, 0) is 55.8 Å². The van der Waals surface area contributed by atoms with Gasteiger partial charge in [0.25, 0.3) is 5.91 Å². The molecule has 7 heteroatoms. The Morgan fingerprint density at radius 1 is 0.962 bits per heavy atom. The summed E-state index contributed by atoms with van der Waals surface area (Å²) in [6.07, 6.45) is 0.479. The van der Waals surface area contributed by atoms with Crippen molar-refractivity contribution in [2.75, 3.05) is 13.4 Å². The number of nitrogens with one attached hydrogen (secondary N) is 1. The van der Waals surface area contributed by atoms with Crippen molar-refractivity contribution in [3.8, 4) is 11.5 Å². The molecule has 26 heavy (non-hydrogen) atoms. The van der Waals surface area contributed by atoms with E-state index in [4.69, 9.17) is 9.47 Å². The van der Waals surface area contributed by atoms with Gasteiger partial charge in [-0.1, -0.05) is 12.1 Å².